The maximum atomic E-state index is 8.77. The molecule has 0 amide bonds. The highest BCUT2D eigenvalue weighted by atomic mass is 15.3. The van der Waals surface area contributed by atoms with Crippen LogP contribution in [-0.2, 0) is 0 Å². The molecular weight excluding hydrogens is 276 g/mol. The summed E-state index contributed by atoms with van der Waals surface area (Å²) in [4.78, 5) is 17.7. The predicted molar refractivity (Wildman–Crippen MR) is 84.3 cm³/mol. The molecule has 0 unspecified atom stereocenters. The zero-order valence-corrected chi connectivity index (χ0v) is 12.6. The Balaban J connectivity index is 1.81. The highest BCUT2D eigenvalue weighted by Gasteiger charge is 2.18. The first-order valence-electron chi connectivity index (χ1n) is 7.36. The Hall–Kier alpha value is -2.52. The van der Waals surface area contributed by atoms with Crippen LogP contribution in [-0.4, -0.2) is 52.6 Å². The SMILES string of the molecule is Cc1cc(N2CCN(CC#N)CC2)nc(-c2cccnc2)n1. The quantitative estimate of drug-likeness (QED) is 0.799. The van der Waals surface area contributed by atoms with Crippen molar-refractivity contribution in [3.05, 3.63) is 36.3 Å². The second-order valence-corrected chi connectivity index (χ2v) is 5.35. The molecule has 0 saturated carbocycles. The van der Waals surface area contributed by atoms with Gasteiger partial charge in [0.05, 0.1) is 12.6 Å². The number of pyridine rings is 1. The predicted octanol–water partition coefficient (Wildman–Crippen LogP) is 1.49. The van der Waals surface area contributed by atoms with Gasteiger partial charge in [-0.25, -0.2) is 9.97 Å². The number of piperazine rings is 1. The number of hydrogen-bond donors (Lipinski definition) is 0. The standard InChI is InChI=1S/C16H18N6/c1-13-11-15(22-9-7-21(6-4-17)8-10-22)20-16(19-13)14-3-2-5-18-12-14/h2-3,5,11-12H,6-10H2,1H3. The lowest BCUT2D eigenvalue weighted by molar-refractivity contribution is 0.286. The molecule has 3 rings (SSSR count). The van der Waals surface area contributed by atoms with E-state index in [2.05, 4.69) is 30.8 Å². The van der Waals surface area contributed by atoms with Gasteiger partial charge in [0.2, 0.25) is 0 Å². The van der Waals surface area contributed by atoms with Gasteiger partial charge in [-0.1, -0.05) is 0 Å². The second-order valence-electron chi connectivity index (χ2n) is 5.35. The fraction of sp³-hybridized carbons (Fsp3) is 0.375. The molecule has 0 atom stereocenters. The van der Waals surface area contributed by atoms with E-state index in [-0.39, 0.29) is 0 Å². The number of rotatable bonds is 3. The maximum absolute atomic E-state index is 8.77. The van der Waals surface area contributed by atoms with Crippen LogP contribution >= 0.6 is 0 Å². The largest absolute Gasteiger partial charge is 0.354 e. The van der Waals surface area contributed by atoms with Crippen molar-refractivity contribution < 1.29 is 0 Å². The molecule has 3 heterocycles. The fourth-order valence-electron chi connectivity index (χ4n) is 2.57. The van der Waals surface area contributed by atoms with E-state index >= 15 is 0 Å². The number of aromatic nitrogens is 3. The van der Waals surface area contributed by atoms with Gasteiger partial charge in [-0.2, -0.15) is 5.26 Å². The molecule has 0 N–H and O–H groups in total. The molecule has 112 valence electrons. The number of anilines is 1. The third-order valence-electron chi connectivity index (χ3n) is 3.75. The van der Waals surface area contributed by atoms with Gasteiger partial charge in [-0.3, -0.25) is 9.88 Å². The van der Waals surface area contributed by atoms with E-state index in [1.807, 2.05) is 25.1 Å². The van der Waals surface area contributed by atoms with Gasteiger partial charge in [0.1, 0.15) is 5.82 Å². The summed E-state index contributed by atoms with van der Waals surface area (Å²) in [7, 11) is 0. The Morgan fingerprint density at radius 1 is 1.23 bits per heavy atom. The van der Waals surface area contributed by atoms with Crippen molar-refractivity contribution in [2.75, 3.05) is 37.6 Å². The minimum absolute atomic E-state index is 0.498. The lowest BCUT2D eigenvalue weighted by atomic mass is 10.2. The Kier molecular flexibility index (Phi) is 4.26. The lowest BCUT2D eigenvalue weighted by Crippen LogP contribution is -2.46. The summed E-state index contributed by atoms with van der Waals surface area (Å²) in [5.41, 5.74) is 1.87. The Morgan fingerprint density at radius 3 is 2.73 bits per heavy atom. The van der Waals surface area contributed by atoms with E-state index in [4.69, 9.17) is 5.26 Å². The van der Waals surface area contributed by atoms with Gasteiger partial charge in [-0.15, -0.1) is 0 Å². The van der Waals surface area contributed by atoms with Crippen molar-refractivity contribution in [2.24, 2.45) is 0 Å². The fourth-order valence-corrected chi connectivity index (χ4v) is 2.57. The first-order valence-corrected chi connectivity index (χ1v) is 7.36. The summed E-state index contributed by atoms with van der Waals surface area (Å²) >= 11 is 0. The third kappa shape index (κ3) is 3.21. The van der Waals surface area contributed by atoms with Crippen molar-refractivity contribution in [1.29, 1.82) is 5.26 Å². The van der Waals surface area contributed by atoms with Crippen LogP contribution in [0, 0.1) is 18.3 Å². The summed E-state index contributed by atoms with van der Waals surface area (Å²) in [6, 6.07) is 8.08. The van der Waals surface area contributed by atoms with Crippen LogP contribution < -0.4 is 4.90 Å². The monoisotopic (exact) mass is 294 g/mol. The molecule has 6 nitrogen and oxygen atoms in total. The maximum Gasteiger partial charge on any atom is 0.163 e. The highest BCUT2D eigenvalue weighted by molar-refractivity contribution is 5.56. The number of nitriles is 1. The van der Waals surface area contributed by atoms with Crippen LogP contribution in [0.3, 0.4) is 0 Å². The zero-order chi connectivity index (χ0) is 15.4. The van der Waals surface area contributed by atoms with Crippen molar-refractivity contribution in [3.8, 4) is 17.5 Å². The molecule has 0 bridgehead atoms. The van der Waals surface area contributed by atoms with Crippen LogP contribution in [0.2, 0.25) is 0 Å². The van der Waals surface area contributed by atoms with Crippen molar-refractivity contribution in [3.63, 3.8) is 0 Å². The second kappa shape index (κ2) is 6.50. The summed E-state index contributed by atoms with van der Waals surface area (Å²) in [6.07, 6.45) is 3.53. The summed E-state index contributed by atoms with van der Waals surface area (Å²) in [5, 5.41) is 8.77. The van der Waals surface area contributed by atoms with E-state index in [0.29, 0.717) is 12.4 Å². The third-order valence-corrected chi connectivity index (χ3v) is 3.75. The molecule has 0 aliphatic carbocycles. The molecule has 2 aromatic heterocycles. The van der Waals surface area contributed by atoms with Crippen molar-refractivity contribution >= 4 is 5.82 Å². The minimum Gasteiger partial charge on any atom is -0.354 e. The molecule has 1 fully saturated rings. The summed E-state index contributed by atoms with van der Waals surface area (Å²) in [5.74, 6) is 1.66. The molecule has 22 heavy (non-hydrogen) atoms. The average molecular weight is 294 g/mol. The smallest absolute Gasteiger partial charge is 0.163 e. The topological polar surface area (TPSA) is 68.9 Å². The molecule has 1 aliphatic rings. The molecule has 0 aromatic carbocycles. The van der Waals surface area contributed by atoms with Gasteiger partial charge in [0, 0.05) is 55.9 Å². The molecule has 6 heteroatoms. The van der Waals surface area contributed by atoms with Gasteiger partial charge < -0.3 is 4.90 Å². The van der Waals surface area contributed by atoms with Crippen LogP contribution in [0.1, 0.15) is 5.69 Å². The van der Waals surface area contributed by atoms with Gasteiger partial charge in [0.15, 0.2) is 5.82 Å². The normalized spacial score (nSPS) is 15.5. The average Bonchev–Trinajstić information content (AvgIpc) is 2.56. The molecule has 1 saturated heterocycles. The van der Waals surface area contributed by atoms with Gasteiger partial charge in [-0.05, 0) is 19.1 Å². The Labute approximate surface area is 130 Å². The van der Waals surface area contributed by atoms with Gasteiger partial charge in [0.25, 0.3) is 0 Å². The summed E-state index contributed by atoms with van der Waals surface area (Å²) < 4.78 is 0. The first-order chi connectivity index (χ1) is 10.8. The molecule has 0 radical (unpaired) electrons. The molecular formula is C16H18N6. The van der Waals surface area contributed by atoms with Crippen LogP contribution in [0.5, 0.6) is 0 Å². The van der Waals surface area contributed by atoms with Crippen LogP contribution in [0.25, 0.3) is 11.4 Å². The van der Waals surface area contributed by atoms with E-state index < -0.39 is 0 Å². The highest BCUT2D eigenvalue weighted by Crippen LogP contribution is 2.20. The minimum atomic E-state index is 0.498. The first kappa shape index (κ1) is 14.4. The van der Waals surface area contributed by atoms with E-state index in [0.717, 1.165) is 43.3 Å². The van der Waals surface area contributed by atoms with E-state index in [9.17, 15) is 0 Å². The number of hydrogen-bond acceptors (Lipinski definition) is 6. The molecule has 2 aromatic rings. The Bertz CT molecular complexity index is 671. The lowest BCUT2D eigenvalue weighted by Gasteiger charge is -2.34. The van der Waals surface area contributed by atoms with E-state index in [1.165, 1.54) is 0 Å². The van der Waals surface area contributed by atoms with E-state index in [1.54, 1.807) is 12.4 Å². The molecule has 0 spiro atoms. The van der Waals surface area contributed by atoms with Crippen molar-refractivity contribution in [1.82, 2.24) is 19.9 Å². The summed E-state index contributed by atoms with van der Waals surface area (Å²) in [6.45, 7) is 6.02. The zero-order valence-electron chi connectivity index (χ0n) is 12.6. The number of nitrogens with zero attached hydrogens (tertiary/aromatic N) is 6. The van der Waals surface area contributed by atoms with Crippen LogP contribution in [0.15, 0.2) is 30.6 Å². The van der Waals surface area contributed by atoms with Gasteiger partial charge >= 0.3 is 0 Å². The Morgan fingerprint density at radius 2 is 2.05 bits per heavy atom. The molecule has 1 aliphatic heterocycles. The van der Waals surface area contributed by atoms with Crippen LogP contribution in [0.4, 0.5) is 5.82 Å². The van der Waals surface area contributed by atoms with Crippen molar-refractivity contribution in [2.45, 2.75) is 6.92 Å². The number of aryl methyl sites for hydroxylation is 1.